The highest BCUT2D eigenvalue weighted by Crippen LogP contribution is 2.45. The summed E-state index contributed by atoms with van der Waals surface area (Å²) in [5, 5.41) is 10.8. The van der Waals surface area contributed by atoms with Crippen molar-refractivity contribution in [3.05, 3.63) is 47.4 Å². The van der Waals surface area contributed by atoms with Crippen LogP contribution in [0.3, 0.4) is 0 Å². The Kier molecular flexibility index (Phi) is 5.98. The number of benzene rings is 1. The number of carbonyl (C=O) groups is 2. The van der Waals surface area contributed by atoms with Crippen LogP contribution < -0.4 is 0 Å². The Balaban J connectivity index is 1.74. The Morgan fingerprint density at radius 1 is 1.09 bits per heavy atom. The van der Waals surface area contributed by atoms with Gasteiger partial charge < -0.3 is 23.7 Å². The number of carboxylic acids is 1. The van der Waals surface area contributed by atoms with Gasteiger partial charge in [-0.3, -0.25) is 4.79 Å². The molecule has 0 radical (unpaired) electrons. The van der Waals surface area contributed by atoms with Gasteiger partial charge in [-0.2, -0.15) is 0 Å². The average molecular weight is 451 g/mol. The van der Waals surface area contributed by atoms with Gasteiger partial charge in [-0.05, 0) is 48.9 Å². The number of furan rings is 1. The zero-order valence-electron chi connectivity index (χ0n) is 19.0. The molecule has 5 rings (SSSR count). The maximum atomic E-state index is 13.4. The molecule has 7 nitrogen and oxygen atoms in total. The summed E-state index contributed by atoms with van der Waals surface area (Å²) in [6.07, 6.45) is 9.18. The van der Waals surface area contributed by atoms with Gasteiger partial charge in [0, 0.05) is 24.0 Å². The van der Waals surface area contributed by atoms with Crippen molar-refractivity contribution in [3.8, 4) is 11.3 Å². The first-order valence-electron chi connectivity index (χ1n) is 11.8. The summed E-state index contributed by atoms with van der Waals surface area (Å²) in [5.41, 5.74) is 4.94. The lowest BCUT2D eigenvalue weighted by molar-refractivity contribution is -0.135. The maximum absolute atomic E-state index is 13.4. The van der Waals surface area contributed by atoms with Crippen molar-refractivity contribution in [2.45, 2.75) is 51.5 Å². The van der Waals surface area contributed by atoms with E-state index in [9.17, 15) is 14.7 Å². The number of nitrogens with zero attached hydrogens (tertiary/aromatic N) is 2. The summed E-state index contributed by atoms with van der Waals surface area (Å²) >= 11 is 0. The quantitative estimate of drug-likeness (QED) is 0.603. The highest BCUT2D eigenvalue weighted by Gasteiger charge is 2.30. The molecule has 1 aromatic carbocycles. The van der Waals surface area contributed by atoms with E-state index in [-0.39, 0.29) is 18.0 Å². The molecule has 3 heterocycles. The van der Waals surface area contributed by atoms with E-state index in [0.717, 1.165) is 35.0 Å². The van der Waals surface area contributed by atoms with Crippen LogP contribution in [-0.4, -0.2) is 52.8 Å². The SMILES string of the molecule is Cc1c(C(=O)O)ccc2c(C3CCCCC3)c(-c3ccoc3)n(CC(=O)N3CCOCC3)c12. The molecular weight excluding hydrogens is 420 g/mol. The van der Waals surface area contributed by atoms with Crippen molar-refractivity contribution in [1.82, 2.24) is 9.47 Å². The second-order valence-corrected chi connectivity index (χ2v) is 9.13. The van der Waals surface area contributed by atoms with Gasteiger partial charge in [0.1, 0.15) is 6.54 Å². The summed E-state index contributed by atoms with van der Waals surface area (Å²) in [7, 11) is 0. The predicted octanol–water partition coefficient (Wildman–Crippen LogP) is 4.81. The highest BCUT2D eigenvalue weighted by atomic mass is 16.5. The van der Waals surface area contributed by atoms with Gasteiger partial charge in [0.15, 0.2) is 0 Å². The van der Waals surface area contributed by atoms with Gasteiger partial charge in [-0.15, -0.1) is 0 Å². The molecule has 174 valence electrons. The number of aromatic nitrogens is 1. The minimum Gasteiger partial charge on any atom is -0.478 e. The average Bonchev–Trinajstić information content (AvgIpc) is 3.47. The predicted molar refractivity (Wildman–Crippen MR) is 125 cm³/mol. The second kappa shape index (κ2) is 9.06. The molecule has 0 unspecified atom stereocenters. The summed E-state index contributed by atoms with van der Waals surface area (Å²) in [4.78, 5) is 27.2. The van der Waals surface area contributed by atoms with E-state index in [1.165, 1.54) is 24.8 Å². The van der Waals surface area contributed by atoms with E-state index in [0.29, 0.717) is 37.8 Å². The number of morpholine rings is 1. The molecule has 1 saturated heterocycles. The maximum Gasteiger partial charge on any atom is 0.336 e. The molecule has 2 fully saturated rings. The van der Waals surface area contributed by atoms with Crippen LogP contribution >= 0.6 is 0 Å². The van der Waals surface area contributed by atoms with Crippen LogP contribution in [0, 0.1) is 6.92 Å². The number of ether oxygens (including phenoxy) is 1. The van der Waals surface area contributed by atoms with Crippen LogP contribution in [0.1, 0.15) is 59.5 Å². The van der Waals surface area contributed by atoms with Crippen LogP contribution in [0.5, 0.6) is 0 Å². The van der Waals surface area contributed by atoms with Crippen LogP contribution in [0.2, 0.25) is 0 Å². The third-order valence-corrected chi connectivity index (χ3v) is 7.21. The van der Waals surface area contributed by atoms with Crippen molar-refractivity contribution in [2.24, 2.45) is 0 Å². The summed E-state index contributed by atoms with van der Waals surface area (Å²) < 4.78 is 12.9. The van der Waals surface area contributed by atoms with E-state index in [4.69, 9.17) is 9.15 Å². The van der Waals surface area contributed by atoms with E-state index < -0.39 is 5.97 Å². The molecule has 7 heteroatoms. The molecule has 0 bridgehead atoms. The van der Waals surface area contributed by atoms with E-state index in [1.807, 2.05) is 28.5 Å². The Hall–Kier alpha value is -3.06. The van der Waals surface area contributed by atoms with Crippen molar-refractivity contribution in [3.63, 3.8) is 0 Å². The van der Waals surface area contributed by atoms with Crippen LogP contribution in [-0.2, 0) is 16.1 Å². The van der Waals surface area contributed by atoms with Crippen molar-refractivity contribution in [1.29, 1.82) is 0 Å². The first-order valence-corrected chi connectivity index (χ1v) is 11.8. The Morgan fingerprint density at radius 2 is 1.85 bits per heavy atom. The smallest absolute Gasteiger partial charge is 0.336 e. The molecule has 2 aliphatic rings. The molecule has 1 N–H and O–H groups in total. The van der Waals surface area contributed by atoms with Crippen LogP contribution in [0.4, 0.5) is 0 Å². The Morgan fingerprint density at radius 3 is 2.52 bits per heavy atom. The minimum atomic E-state index is -0.953. The molecule has 1 saturated carbocycles. The lowest BCUT2D eigenvalue weighted by Gasteiger charge is -2.28. The van der Waals surface area contributed by atoms with Crippen molar-refractivity contribution < 1.29 is 23.8 Å². The van der Waals surface area contributed by atoms with Gasteiger partial charge in [-0.1, -0.05) is 25.3 Å². The summed E-state index contributed by atoms with van der Waals surface area (Å²) in [6.45, 7) is 4.26. The van der Waals surface area contributed by atoms with Crippen LogP contribution in [0.15, 0.2) is 35.1 Å². The fraction of sp³-hybridized carbons (Fsp3) is 0.462. The minimum absolute atomic E-state index is 0.0234. The van der Waals surface area contributed by atoms with Crippen molar-refractivity contribution >= 4 is 22.8 Å². The Bertz CT molecular complexity index is 1170. The molecule has 1 amide bonds. The van der Waals surface area contributed by atoms with Gasteiger partial charge in [0.25, 0.3) is 0 Å². The van der Waals surface area contributed by atoms with Gasteiger partial charge in [-0.25, -0.2) is 4.79 Å². The number of hydrogen-bond donors (Lipinski definition) is 1. The second-order valence-electron chi connectivity index (χ2n) is 9.13. The van der Waals surface area contributed by atoms with E-state index in [2.05, 4.69) is 0 Å². The highest BCUT2D eigenvalue weighted by molar-refractivity contribution is 6.01. The number of aromatic carboxylic acids is 1. The third kappa shape index (κ3) is 3.95. The van der Waals surface area contributed by atoms with E-state index >= 15 is 0 Å². The molecule has 2 aromatic heterocycles. The number of aryl methyl sites for hydroxylation is 1. The van der Waals surface area contributed by atoms with Gasteiger partial charge in [0.05, 0.1) is 42.5 Å². The van der Waals surface area contributed by atoms with Gasteiger partial charge in [0.2, 0.25) is 5.91 Å². The molecular formula is C26H30N2O5. The largest absolute Gasteiger partial charge is 0.478 e. The number of amides is 1. The third-order valence-electron chi connectivity index (χ3n) is 7.21. The fourth-order valence-corrected chi connectivity index (χ4v) is 5.60. The topological polar surface area (TPSA) is 84.9 Å². The molecule has 1 aliphatic carbocycles. The molecule has 0 atom stereocenters. The number of fused-ring (bicyclic) bond motifs is 1. The summed E-state index contributed by atoms with van der Waals surface area (Å²) in [6, 6.07) is 5.58. The first-order chi connectivity index (χ1) is 16.1. The van der Waals surface area contributed by atoms with Gasteiger partial charge >= 0.3 is 5.97 Å². The number of hydrogen-bond acceptors (Lipinski definition) is 4. The Labute approximate surface area is 192 Å². The lowest BCUT2D eigenvalue weighted by Crippen LogP contribution is -2.42. The fourth-order valence-electron chi connectivity index (χ4n) is 5.60. The first kappa shape index (κ1) is 21.8. The molecule has 0 spiro atoms. The summed E-state index contributed by atoms with van der Waals surface area (Å²) in [5.74, 6) is -0.554. The molecule has 1 aliphatic heterocycles. The number of carboxylic acid groups (broad SMARTS) is 1. The standard InChI is InChI=1S/C26H30N2O5/c1-17-20(26(30)31)7-8-21-23(18-5-3-2-4-6-18)25(19-9-12-33-16-19)28(24(17)21)15-22(29)27-10-13-32-14-11-27/h7-9,12,16,18H,2-6,10-11,13-15H2,1H3,(H,30,31). The van der Waals surface area contributed by atoms with Crippen molar-refractivity contribution in [2.75, 3.05) is 26.3 Å². The number of rotatable bonds is 5. The zero-order valence-corrected chi connectivity index (χ0v) is 19.0. The molecule has 3 aromatic rings. The van der Waals surface area contributed by atoms with E-state index in [1.54, 1.807) is 18.6 Å². The van der Waals surface area contributed by atoms with Crippen LogP contribution in [0.25, 0.3) is 22.2 Å². The molecule has 33 heavy (non-hydrogen) atoms. The number of carbonyl (C=O) groups excluding carboxylic acids is 1. The monoisotopic (exact) mass is 450 g/mol. The lowest BCUT2D eigenvalue weighted by atomic mass is 9.82. The normalized spacial score (nSPS) is 17.5. The zero-order chi connectivity index (χ0) is 22.9.